The van der Waals surface area contributed by atoms with Gasteiger partial charge in [-0.1, -0.05) is 19.3 Å². The lowest BCUT2D eigenvalue weighted by Crippen LogP contribution is -2.40. The number of carbonyl (C=O) groups excluding carboxylic acids is 1. The number of hydrogen-bond acceptors (Lipinski definition) is 5. The van der Waals surface area contributed by atoms with Gasteiger partial charge in [-0.3, -0.25) is 4.99 Å². The number of nitrogens with zero attached hydrogens (tertiary/aromatic N) is 1. The van der Waals surface area contributed by atoms with Gasteiger partial charge in [0.2, 0.25) is 0 Å². The Hall–Kier alpha value is -2.28. The van der Waals surface area contributed by atoms with Gasteiger partial charge in [0.1, 0.15) is 5.75 Å². The Bertz CT molecular complexity index is 598. The molecule has 0 spiro atoms. The summed E-state index contributed by atoms with van der Waals surface area (Å²) in [5.41, 5.74) is 0.763. The number of anilines is 1. The van der Waals surface area contributed by atoms with Crippen molar-refractivity contribution in [3.8, 4) is 5.75 Å². The van der Waals surface area contributed by atoms with Crippen LogP contribution >= 0.6 is 0 Å². The number of rotatable bonds is 6. The van der Waals surface area contributed by atoms with Crippen LogP contribution in [-0.2, 0) is 9.47 Å². The molecule has 2 rings (SSSR count). The van der Waals surface area contributed by atoms with Crippen LogP contribution in [0.5, 0.6) is 5.75 Å². The smallest absolute Gasteiger partial charge is 0.337 e. The summed E-state index contributed by atoms with van der Waals surface area (Å²) in [6.45, 7) is 1.00. The molecule has 0 saturated heterocycles. The summed E-state index contributed by atoms with van der Waals surface area (Å²) < 4.78 is 9.77. The average molecular weight is 349 g/mol. The highest BCUT2D eigenvalue weighted by Crippen LogP contribution is 2.25. The van der Waals surface area contributed by atoms with Crippen molar-refractivity contribution in [2.45, 2.75) is 38.1 Å². The average Bonchev–Trinajstić information content (AvgIpc) is 2.63. The third-order valence-corrected chi connectivity index (χ3v) is 4.18. The number of ether oxygens (including phenoxy) is 2. The van der Waals surface area contributed by atoms with Gasteiger partial charge in [0.15, 0.2) is 5.96 Å². The monoisotopic (exact) mass is 349 g/mol. The Kier molecular flexibility index (Phi) is 7.53. The lowest BCUT2D eigenvalue weighted by molar-refractivity contribution is 0.0601. The summed E-state index contributed by atoms with van der Waals surface area (Å²) in [6, 6.07) is 4.88. The molecule has 0 aliphatic heterocycles. The number of aliphatic imine (C=N–C) groups is 1. The van der Waals surface area contributed by atoms with E-state index in [0.29, 0.717) is 36.4 Å². The van der Waals surface area contributed by atoms with Crippen LogP contribution in [0.2, 0.25) is 0 Å². The Morgan fingerprint density at radius 1 is 1.28 bits per heavy atom. The maximum absolute atomic E-state index is 11.7. The molecule has 7 nitrogen and oxygen atoms in total. The number of benzene rings is 1. The van der Waals surface area contributed by atoms with E-state index < -0.39 is 5.97 Å². The summed E-state index contributed by atoms with van der Waals surface area (Å²) in [4.78, 5) is 16.2. The molecule has 0 radical (unpaired) electrons. The zero-order chi connectivity index (χ0) is 18.1. The first kappa shape index (κ1) is 19.1. The number of nitrogens with one attached hydrogen (secondary N) is 2. The second-order valence-electron chi connectivity index (χ2n) is 6.05. The molecule has 0 heterocycles. The quantitative estimate of drug-likeness (QED) is 0.240. The van der Waals surface area contributed by atoms with Crippen LogP contribution in [0.25, 0.3) is 0 Å². The fourth-order valence-corrected chi connectivity index (χ4v) is 2.82. The van der Waals surface area contributed by atoms with Gasteiger partial charge in [-0.25, -0.2) is 4.79 Å². The topological polar surface area (TPSA) is 92.2 Å². The molecular weight excluding hydrogens is 322 g/mol. The van der Waals surface area contributed by atoms with E-state index in [1.807, 2.05) is 0 Å². The number of carbonyl (C=O) groups is 1. The lowest BCUT2D eigenvalue weighted by atomic mass is 9.96. The van der Waals surface area contributed by atoms with Crippen molar-refractivity contribution < 1.29 is 19.4 Å². The third kappa shape index (κ3) is 5.94. The predicted molar refractivity (Wildman–Crippen MR) is 97.3 cm³/mol. The molecule has 1 fully saturated rings. The van der Waals surface area contributed by atoms with Gasteiger partial charge in [0.25, 0.3) is 0 Å². The minimum Gasteiger partial charge on any atom is -0.506 e. The van der Waals surface area contributed by atoms with Crippen LogP contribution in [0, 0.1) is 0 Å². The Balaban J connectivity index is 2.14. The molecule has 1 aliphatic carbocycles. The van der Waals surface area contributed by atoms with E-state index in [-0.39, 0.29) is 5.75 Å². The highest BCUT2D eigenvalue weighted by atomic mass is 16.5. The molecule has 1 aliphatic rings. The molecule has 1 aromatic carbocycles. The molecule has 0 unspecified atom stereocenters. The summed E-state index contributed by atoms with van der Waals surface area (Å²) >= 11 is 0. The Morgan fingerprint density at radius 3 is 2.72 bits per heavy atom. The van der Waals surface area contributed by atoms with Gasteiger partial charge in [0.05, 0.1) is 31.5 Å². The molecule has 0 bridgehead atoms. The van der Waals surface area contributed by atoms with Crippen LogP contribution in [0.4, 0.5) is 5.69 Å². The normalized spacial score (nSPS) is 15.7. The highest BCUT2D eigenvalue weighted by Gasteiger charge is 2.16. The number of methoxy groups -OCH3 is 2. The molecule has 0 atom stereocenters. The first-order chi connectivity index (χ1) is 12.1. The van der Waals surface area contributed by atoms with Gasteiger partial charge in [-0.2, -0.15) is 0 Å². The van der Waals surface area contributed by atoms with Crippen molar-refractivity contribution in [2.75, 3.05) is 32.7 Å². The third-order valence-electron chi connectivity index (χ3n) is 4.18. The van der Waals surface area contributed by atoms with Crippen LogP contribution in [0.3, 0.4) is 0 Å². The van der Waals surface area contributed by atoms with Crippen molar-refractivity contribution in [1.29, 1.82) is 0 Å². The van der Waals surface area contributed by atoms with Gasteiger partial charge in [-0.05, 0) is 31.0 Å². The maximum Gasteiger partial charge on any atom is 0.337 e. The summed E-state index contributed by atoms with van der Waals surface area (Å²) in [6.07, 6.45) is 5.86. The van der Waals surface area contributed by atoms with Crippen molar-refractivity contribution in [2.24, 2.45) is 4.99 Å². The maximum atomic E-state index is 11.7. The standard InChI is InChI=1S/C18H27N3O4/c1-24-11-10-19-18(20-14-6-4-3-5-7-14)21-15-12-13(17(23)25-2)8-9-16(15)22/h8-9,12,14,22H,3-7,10-11H2,1-2H3,(H2,19,20,21). The van der Waals surface area contributed by atoms with E-state index in [1.165, 1.54) is 38.5 Å². The molecule has 25 heavy (non-hydrogen) atoms. The van der Waals surface area contributed by atoms with Gasteiger partial charge < -0.3 is 25.2 Å². The van der Waals surface area contributed by atoms with Gasteiger partial charge >= 0.3 is 5.97 Å². The van der Waals surface area contributed by atoms with Crippen molar-refractivity contribution >= 4 is 17.6 Å². The SMILES string of the molecule is COCCN=C(Nc1cc(C(=O)OC)ccc1O)NC1CCCCC1. The number of hydrogen-bond donors (Lipinski definition) is 3. The minimum atomic E-state index is -0.457. The first-order valence-electron chi connectivity index (χ1n) is 8.62. The first-order valence-corrected chi connectivity index (χ1v) is 8.62. The van der Waals surface area contributed by atoms with E-state index in [0.717, 1.165) is 12.8 Å². The second kappa shape index (κ2) is 9.88. The zero-order valence-electron chi connectivity index (χ0n) is 14.9. The van der Waals surface area contributed by atoms with Gasteiger partial charge in [-0.15, -0.1) is 0 Å². The number of aromatic hydroxyl groups is 1. The fraction of sp³-hybridized carbons (Fsp3) is 0.556. The Labute approximate surface area is 148 Å². The summed E-state index contributed by atoms with van der Waals surface area (Å²) in [5.74, 6) is 0.153. The van der Waals surface area contributed by atoms with Gasteiger partial charge in [0, 0.05) is 13.2 Å². The van der Waals surface area contributed by atoms with E-state index in [1.54, 1.807) is 13.2 Å². The largest absolute Gasteiger partial charge is 0.506 e. The van der Waals surface area contributed by atoms with E-state index in [4.69, 9.17) is 9.47 Å². The number of phenols is 1. The molecule has 1 aromatic rings. The van der Waals surface area contributed by atoms with Crippen molar-refractivity contribution in [3.63, 3.8) is 0 Å². The molecule has 3 N–H and O–H groups in total. The highest BCUT2D eigenvalue weighted by molar-refractivity contribution is 5.97. The summed E-state index contributed by atoms with van der Waals surface area (Å²) in [5, 5.41) is 16.6. The second-order valence-corrected chi connectivity index (χ2v) is 6.05. The molecule has 1 saturated carbocycles. The Morgan fingerprint density at radius 2 is 2.04 bits per heavy atom. The van der Waals surface area contributed by atoms with Crippen LogP contribution < -0.4 is 10.6 Å². The van der Waals surface area contributed by atoms with E-state index in [9.17, 15) is 9.90 Å². The molecule has 0 aromatic heterocycles. The van der Waals surface area contributed by atoms with Crippen LogP contribution in [0.1, 0.15) is 42.5 Å². The van der Waals surface area contributed by atoms with E-state index in [2.05, 4.69) is 15.6 Å². The van der Waals surface area contributed by atoms with Crippen LogP contribution in [-0.4, -0.2) is 50.4 Å². The zero-order valence-corrected chi connectivity index (χ0v) is 14.9. The van der Waals surface area contributed by atoms with Crippen LogP contribution in [0.15, 0.2) is 23.2 Å². The predicted octanol–water partition coefficient (Wildman–Crippen LogP) is 2.52. The molecule has 138 valence electrons. The minimum absolute atomic E-state index is 0.0394. The van der Waals surface area contributed by atoms with E-state index >= 15 is 0 Å². The molecule has 7 heteroatoms. The molecular formula is C18H27N3O4. The van der Waals surface area contributed by atoms with Crippen molar-refractivity contribution in [1.82, 2.24) is 5.32 Å². The fourth-order valence-electron chi connectivity index (χ4n) is 2.82. The number of phenolic OH excluding ortho intramolecular Hbond substituents is 1. The number of guanidine groups is 1. The lowest BCUT2D eigenvalue weighted by Gasteiger charge is -2.25. The molecule has 0 amide bonds. The summed E-state index contributed by atoms with van der Waals surface area (Å²) in [7, 11) is 2.95. The van der Waals surface area contributed by atoms with Crippen molar-refractivity contribution in [3.05, 3.63) is 23.8 Å². The number of esters is 1.